The Balaban J connectivity index is 1.39. The van der Waals surface area contributed by atoms with Crippen molar-refractivity contribution < 1.29 is 0 Å². The lowest BCUT2D eigenvalue weighted by Crippen LogP contribution is -2.17. The van der Waals surface area contributed by atoms with Crippen LogP contribution in [-0.4, -0.2) is 0 Å². The normalized spacial score (nSPS) is 15.9. The van der Waals surface area contributed by atoms with E-state index in [1.807, 2.05) is 0 Å². The maximum Gasteiger partial charge on any atom is 0.0159 e. The predicted molar refractivity (Wildman–Crippen MR) is 172 cm³/mol. The first-order valence-electron chi connectivity index (χ1n) is 14.5. The van der Waals surface area contributed by atoms with Crippen molar-refractivity contribution in [3.63, 3.8) is 0 Å². The molecular formula is C40H30. The van der Waals surface area contributed by atoms with E-state index in [-0.39, 0.29) is 10.8 Å². The first kappa shape index (κ1) is 22.4. The van der Waals surface area contributed by atoms with Gasteiger partial charge in [0.2, 0.25) is 0 Å². The lowest BCUT2D eigenvalue weighted by Gasteiger charge is -2.24. The number of benzene rings is 7. The molecule has 2 aliphatic rings. The van der Waals surface area contributed by atoms with Gasteiger partial charge in [0.1, 0.15) is 0 Å². The van der Waals surface area contributed by atoms with Crippen LogP contribution in [0.5, 0.6) is 0 Å². The fourth-order valence-electron chi connectivity index (χ4n) is 8.13. The smallest absolute Gasteiger partial charge is 0.0159 e. The van der Waals surface area contributed by atoms with Gasteiger partial charge in [-0.05, 0) is 112 Å². The molecule has 2 aliphatic carbocycles. The van der Waals surface area contributed by atoms with Gasteiger partial charge in [0.15, 0.2) is 0 Å². The van der Waals surface area contributed by atoms with Crippen LogP contribution in [-0.2, 0) is 10.8 Å². The van der Waals surface area contributed by atoms with Crippen LogP contribution in [0.25, 0.3) is 65.3 Å². The van der Waals surface area contributed by atoms with Gasteiger partial charge in [-0.2, -0.15) is 0 Å². The Kier molecular flexibility index (Phi) is 4.03. The first-order chi connectivity index (χ1) is 19.4. The summed E-state index contributed by atoms with van der Waals surface area (Å²) in [4.78, 5) is 0. The minimum Gasteiger partial charge on any atom is -0.0616 e. The summed E-state index contributed by atoms with van der Waals surface area (Å²) >= 11 is 0. The lowest BCUT2D eigenvalue weighted by atomic mass is 9.79. The van der Waals surface area contributed by atoms with Crippen molar-refractivity contribution in [3.8, 4) is 22.3 Å². The molecule has 0 fully saturated rings. The van der Waals surface area contributed by atoms with Gasteiger partial charge in [-0.1, -0.05) is 113 Å². The maximum atomic E-state index is 2.55. The van der Waals surface area contributed by atoms with Crippen molar-refractivity contribution in [3.05, 3.63) is 131 Å². The van der Waals surface area contributed by atoms with Gasteiger partial charge in [0, 0.05) is 10.8 Å². The molecule has 0 spiro atoms. The Labute approximate surface area is 234 Å². The molecule has 0 nitrogen and oxygen atoms in total. The molecule has 0 bridgehead atoms. The summed E-state index contributed by atoms with van der Waals surface area (Å²) < 4.78 is 0. The third kappa shape index (κ3) is 2.58. The SMILES string of the molecule is CC1(C)c2cc3c(cc2-c2cc4c5ccccc5c5ccccc5c4cc21)C(C)(C)c1ccc2ccccc2c1-3. The molecule has 0 atom stereocenters. The topological polar surface area (TPSA) is 0 Å². The number of hydrogen-bond donors (Lipinski definition) is 0. The zero-order chi connectivity index (χ0) is 27.0. The Morgan fingerprint density at radius 1 is 0.350 bits per heavy atom. The summed E-state index contributed by atoms with van der Waals surface area (Å²) in [5, 5.41) is 10.7. The van der Waals surface area contributed by atoms with Crippen molar-refractivity contribution in [2.24, 2.45) is 0 Å². The standard InChI is InChI=1S/C40H30/c1-39(2)34-18-17-23-11-5-6-12-24(23)38(34)33-22-36-32(21-37(33)39)31-19-29-27-15-9-7-13-25(27)26-14-8-10-16-28(26)30(29)20-35(31)40(36,3)4/h5-22H,1-4H3. The first-order valence-corrected chi connectivity index (χ1v) is 14.5. The molecule has 0 aromatic heterocycles. The average molecular weight is 511 g/mol. The van der Waals surface area contributed by atoms with E-state index in [2.05, 4.69) is 137 Å². The van der Waals surface area contributed by atoms with E-state index in [9.17, 15) is 0 Å². The molecule has 0 radical (unpaired) electrons. The van der Waals surface area contributed by atoms with Crippen molar-refractivity contribution in [2.75, 3.05) is 0 Å². The van der Waals surface area contributed by atoms with Crippen LogP contribution >= 0.6 is 0 Å². The Morgan fingerprint density at radius 3 is 1.48 bits per heavy atom. The molecule has 7 aromatic rings. The van der Waals surface area contributed by atoms with Crippen molar-refractivity contribution in [2.45, 2.75) is 38.5 Å². The van der Waals surface area contributed by atoms with E-state index in [0.717, 1.165) is 0 Å². The van der Waals surface area contributed by atoms with Crippen LogP contribution in [0.1, 0.15) is 49.9 Å². The zero-order valence-corrected chi connectivity index (χ0v) is 23.4. The molecule has 190 valence electrons. The van der Waals surface area contributed by atoms with Crippen molar-refractivity contribution >= 4 is 43.1 Å². The van der Waals surface area contributed by atoms with Gasteiger partial charge in [-0.25, -0.2) is 0 Å². The van der Waals surface area contributed by atoms with Gasteiger partial charge < -0.3 is 0 Å². The fourth-order valence-corrected chi connectivity index (χ4v) is 8.13. The summed E-state index contributed by atoms with van der Waals surface area (Å²) in [5.74, 6) is 0. The van der Waals surface area contributed by atoms with E-state index in [4.69, 9.17) is 0 Å². The van der Waals surface area contributed by atoms with E-state index in [1.54, 1.807) is 0 Å². The quantitative estimate of drug-likeness (QED) is 0.178. The third-order valence-corrected chi connectivity index (χ3v) is 10.2. The van der Waals surface area contributed by atoms with Crippen molar-refractivity contribution in [1.29, 1.82) is 0 Å². The maximum absolute atomic E-state index is 2.55. The van der Waals surface area contributed by atoms with E-state index < -0.39 is 0 Å². The molecule has 0 saturated heterocycles. The lowest BCUT2D eigenvalue weighted by molar-refractivity contribution is 0.652. The van der Waals surface area contributed by atoms with Crippen LogP contribution in [0.15, 0.2) is 109 Å². The Bertz CT molecular complexity index is 2260. The highest BCUT2D eigenvalue weighted by Crippen LogP contribution is 2.58. The molecule has 0 heterocycles. The molecule has 40 heavy (non-hydrogen) atoms. The summed E-state index contributed by atoms with van der Waals surface area (Å²) in [7, 11) is 0. The van der Waals surface area contributed by atoms with Crippen LogP contribution < -0.4 is 0 Å². The molecule has 0 N–H and O–H groups in total. The zero-order valence-electron chi connectivity index (χ0n) is 23.4. The predicted octanol–water partition coefficient (Wildman–Crippen LogP) is 10.9. The molecule has 0 amide bonds. The van der Waals surface area contributed by atoms with Crippen LogP contribution in [0.2, 0.25) is 0 Å². The van der Waals surface area contributed by atoms with Gasteiger partial charge in [0.05, 0.1) is 0 Å². The molecule has 0 aliphatic heterocycles. The molecule has 7 aromatic carbocycles. The van der Waals surface area contributed by atoms with Crippen LogP contribution in [0, 0.1) is 0 Å². The number of hydrogen-bond acceptors (Lipinski definition) is 0. The summed E-state index contributed by atoms with van der Waals surface area (Å²) in [6.07, 6.45) is 0. The molecule has 0 heteroatoms. The van der Waals surface area contributed by atoms with Gasteiger partial charge in [-0.15, -0.1) is 0 Å². The summed E-state index contributed by atoms with van der Waals surface area (Å²) in [6, 6.07) is 41.5. The summed E-state index contributed by atoms with van der Waals surface area (Å²) in [6.45, 7) is 9.65. The van der Waals surface area contributed by atoms with Crippen molar-refractivity contribution in [1.82, 2.24) is 0 Å². The van der Waals surface area contributed by atoms with Gasteiger partial charge in [-0.3, -0.25) is 0 Å². The minimum atomic E-state index is -0.0852. The average Bonchev–Trinajstić information content (AvgIpc) is 3.34. The largest absolute Gasteiger partial charge is 0.0616 e. The van der Waals surface area contributed by atoms with E-state index in [1.165, 1.54) is 87.6 Å². The highest BCUT2D eigenvalue weighted by Gasteiger charge is 2.42. The van der Waals surface area contributed by atoms with E-state index >= 15 is 0 Å². The van der Waals surface area contributed by atoms with Crippen LogP contribution in [0.4, 0.5) is 0 Å². The molecule has 0 saturated carbocycles. The molecular weight excluding hydrogens is 480 g/mol. The molecule has 0 unspecified atom stereocenters. The highest BCUT2D eigenvalue weighted by molar-refractivity contribution is 6.26. The summed E-state index contributed by atoms with van der Waals surface area (Å²) in [5.41, 5.74) is 11.3. The second kappa shape index (κ2) is 7.20. The van der Waals surface area contributed by atoms with Gasteiger partial charge >= 0.3 is 0 Å². The Hall–Kier alpha value is -4.42. The monoisotopic (exact) mass is 510 g/mol. The highest BCUT2D eigenvalue weighted by atomic mass is 14.4. The van der Waals surface area contributed by atoms with Crippen LogP contribution in [0.3, 0.4) is 0 Å². The van der Waals surface area contributed by atoms with Gasteiger partial charge in [0.25, 0.3) is 0 Å². The number of rotatable bonds is 0. The second-order valence-corrected chi connectivity index (χ2v) is 12.9. The molecule has 9 rings (SSSR count). The Morgan fingerprint density at radius 2 is 0.800 bits per heavy atom. The number of fused-ring (bicyclic) bond motifs is 14. The third-order valence-electron chi connectivity index (χ3n) is 10.2. The van der Waals surface area contributed by atoms with E-state index in [0.29, 0.717) is 0 Å². The second-order valence-electron chi connectivity index (χ2n) is 12.9. The fraction of sp³-hybridized carbons (Fsp3) is 0.150. The minimum absolute atomic E-state index is 0.0453.